The number of ether oxygens (including phenoxy) is 1. The molecule has 2 rings (SSSR count). The maximum atomic E-state index is 5.66. The Balaban J connectivity index is 2.16. The number of oxazole rings is 1. The predicted octanol–water partition coefficient (Wildman–Crippen LogP) is 4.14. The van der Waals surface area contributed by atoms with Gasteiger partial charge in [0.2, 0.25) is 0 Å². The Bertz CT molecular complexity index is 494. The fraction of sp³-hybridized carbons (Fsp3) is 0.308. The summed E-state index contributed by atoms with van der Waals surface area (Å²) < 4.78 is 11.1. The minimum Gasteiger partial charge on any atom is -0.493 e. The molecule has 0 spiro atoms. The normalized spacial score (nSPS) is 10.8. The third-order valence-corrected chi connectivity index (χ3v) is 2.55. The van der Waals surface area contributed by atoms with Gasteiger partial charge in [-0.25, -0.2) is 4.98 Å². The van der Waals surface area contributed by atoms with Crippen LogP contribution in [0, 0.1) is 5.92 Å². The van der Waals surface area contributed by atoms with E-state index < -0.39 is 0 Å². The van der Waals surface area contributed by atoms with Gasteiger partial charge < -0.3 is 9.15 Å². The van der Waals surface area contributed by atoms with Gasteiger partial charge in [-0.15, -0.1) is 0 Å². The Labute approximate surface area is 109 Å². The van der Waals surface area contributed by atoms with Crippen molar-refractivity contribution in [1.29, 1.82) is 0 Å². The number of aromatic nitrogens is 1. The summed E-state index contributed by atoms with van der Waals surface area (Å²) in [5, 5.41) is 0. The van der Waals surface area contributed by atoms with Crippen LogP contribution in [-0.2, 0) is 0 Å². The minimum atomic E-state index is 0.487. The van der Waals surface area contributed by atoms with Crippen molar-refractivity contribution in [3.05, 3.63) is 35.3 Å². The van der Waals surface area contributed by atoms with Gasteiger partial charge in [-0.05, 0) is 18.1 Å². The Morgan fingerprint density at radius 2 is 2.24 bits per heavy atom. The van der Waals surface area contributed by atoms with E-state index in [2.05, 4.69) is 34.8 Å². The molecular formula is C13H14BrNO2. The maximum absolute atomic E-state index is 5.66. The van der Waals surface area contributed by atoms with E-state index >= 15 is 0 Å². The van der Waals surface area contributed by atoms with Gasteiger partial charge in [-0.1, -0.05) is 26.0 Å². The van der Waals surface area contributed by atoms with Gasteiger partial charge in [-0.2, -0.15) is 0 Å². The molecule has 0 fully saturated rings. The quantitative estimate of drug-likeness (QED) is 0.850. The number of nitrogens with zero attached hydrogens (tertiary/aromatic N) is 1. The number of hydrogen-bond acceptors (Lipinski definition) is 3. The lowest BCUT2D eigenvalue weighted by Gasteiger charge is -2.09. The lowest BCUT2D eigenvalue weighted by Crippen LogP contribution is -2.04. The molecule has 3 nitrogen and oxygen atoms in total. The molecule has 90 valence electrons. The lowest BCUT2D eigenvalue weighted by atomic mass is 10.2. The molecule has 0 radical (unpaired) electrons. The molecule has 0 amide bonds. The third-order valence-electron chi connectivity index (χ3n) is 2.18. The first kappa shape index (κ1) is 12.2. The summed E-state index contributed by atoms with van der Waals surface area (Å²) in [5.74, 6) is 2.09. The van der Waals surface area contributed by atoms with Crippen molar-refractivity contribution < 1.29 is 9.15 Å². The topological polar surface area (TPSA) is 35.3 Å². The molecule has 4 heteroatoms. The zero-order chi connectivity index (χ0) is 12.3. The molecule has 2 aromatic rings. The molecule has 0 saturated heterocycles. The van der Waals surface area contributed by atoms with Crippen molar-refractivity contribution in [2.75, 3.05) is 6.61 Å². The van der Waals surface area contributed by atoms with Gasteiger partial charge in [0.1, 0.15) is 5.75 Å². The first-order chi connectivity index (χ1) is 8.15. The second-order valence-corrected chi connectivity index (χ2v) is 4.89. The van der Waals surface area contributed by atoms with E-state index in [1.165, 1.54) is 0 Å². The summed E-state index contributed by atoms with van der Waals surface area (Å²) in [4.78, 5) is 4.49. The molecule has 0 atom stereocenters. The summed E-state index contributed by atoms with van der Waals surface area (Å²) in [6.07, 6.45) is 1.69. The largest absolute Gasteiger partial charge is 0.493 e. The fourth-order valence-electron chi connectivity index (χ4n) is 1.39. The third kappa shape index (κ3) is 3.33. The highest BCUT2D eigenvalue weighted by Crippen LogP contribution is 2.26. The lowest BCUT2D eigenvalue weighted by molar-refractivity contribution is 0.271. The fourth-order valence-corrected chi connectivity index (χ4v) is 1.67. The van der Waals surface area contributed by atoms with Gasteiger partial charge in [0.15, 0.2) is 5.76 Å². The molecule has 0 unspecified atom stereocenters. The predicted molar refractivity (Wildman–Crippen MR) is 70.0 cm³/mol. The summed E-state index contributed by atoms with van der Waals surface area (Å²) >= 11 is 3.19. The molecule has 0 aliphatic rings. The Kier molecular flexibility index (Phi) is 3.84. The van der Waals surface area contributed by atoms with Crippen molar-refractivity contribution >= 4 is 15.9 Å². The van der Waals surface area contributed by atoms with Crippen molar-refractivity contribution in [3.63, 3.8) is 0 Å². The molecule has 1 heterocycles. The molecule has 0 aliphatic carbocycles. The van der Waals surface area contributed by atoms with Crippen LogP contribution in [-0.4, -0.2) is 11.6 Å². The molecule has 1 aromatic carbocycles. The minimum absolute atomic E-state index is 0.487. The zero-order valence-corrected chi connectivity index (χ0v) is 11.4. The Morgan fingerprint density at radius 3 is 2.88 bits per heavy atom. The van der Waals surface area contributed by atoms with Crippen LogP contribution < -0.4 is 4.74 Å². The molecule has 0 N–H and O–H groups in total. The van der Waals surface area contributed by atoms with Crippen molar-refractivity contribution in [3.8, 4) is 17.1 Å². The van der Waals surface area contributed by atoms with E-state index in [0.29, 0.717) is 17.3 Å². The van der Waals surface area contributed by atoms with E-state index in [1.807, 2.05) is 24.3 Å². The van der Waals surface area contributed by atoms with Crippen molar-refractivity contribution in [2.24, 2.45) is 5.92 Å². The number of benzene rings is 1. The molecule has 0 bridgehead atoms. The van der Waals surface area contributed by atoms with Crippen LogP contribution in [0.15, 0.2) is 39.7 Å². The average molecular weight is 296 g/mol. The molecule has 1 aromatic heterocycles. The molecule has 17 heavy (non-hydrogen) atoms. The SMILES string of the molecule is CC(C)COc1cccc(-c2cnc(Br)o2)c1. The van der Waals surface area contributed by atoms with Crippen LogP contribution in [0.1, 0.15) is 13.8 Å². The number of rotatable bonds is 4. The van der Waals surface area contributed by atoms with Crippen molar-refractivity contribution in [2.45, 2.75) is 13.8 Å². The van der Waals surface area contributed by atoms with E-state index in [-0.39, 0.29) is 0 Å². The molecular weight excluding hydrogens is 282 g/mol. The van der Waals surface area contributed by atoms with Crippen LogP contribution >= 0.6 is 15.9 Å². The Hall–Kier alpha value is -1.29. The van der Waals surface area contributed by atoms with Gasteiger partial charge in [0.25, 0.3) is 4.80 Å². The van der Waals surface area contributed by atoms with Crippen LogP contribution in [0.25, 0.3) is 11.3 Å². The average Bonchev–Trinajstić information content (AvgIpc) is 2.74. The summed E-state index contributed by atoms with van der Waals surface area (Å²) in [6.45, 7) is 4.96. The summed E-state index contributed by atoms with van der Waals surface area (Å²) in [5.41, 5.74) is 0.962. The van der Waals surface area contributed by atoms with E-state index in [0.717, 1.165) is 17.1 Å². The van der Waals surface area contributed by atoms with E-state index in [1.54, 1.807) is 6.20 Å². The first-order valence-electron chi connectivity index (χ1n) is 5.49. The van der Waals surface area contributed by atoms with Crippen LogP contribution in [0.2, 0.25) is 0 Å². The zero-order valence-electron chi connectivity index (χ0n) is 9.81. The standard InChI is InChI=1S/C13H14BrNO2/c1-9(2)8-16-11-5-3-4-10(6-11)12-7-15-13(14)17-12/h3-7,9H,8H2,1-2H3. The number of halogens is 1. The molecule has 0 saturated carbocycles. The summed E-state index contributed by atoms with van der Waals surface area (Å²) in [7, 11) is 0. The van der Waals surface area contributed by atoms with Crippen LogP contribution in [0.3, 0.4) is 0 Å². The number of hydrogen-bond donors (Lipinski definition) is 0. The van der Waals surface area contributed by atoms with E-state index in [4.69, 9.17) is 9.15 Å². The Morgan fingerprint density at radius 1 is 1.41 bits per heavy atom. The van der Waals surface area contributed by atoms with Crippen LogP contribution in [0.5, 0.6) is 5.75 Å². The van der Waals surface area contributed by atoms with Crippen molar-refractivity contribution in [1.82, 2.24) is 4.98 Å². The van der Waals surface area contributed by atoms with Gasteiger partial charge in [-0.3, -0.25) is 0 Å². The first-order valence-corrected chi connectivity index (χ1v) is 6.29. The maximum Gasteiger partial charge on any atom is 0.264 e. The highest BCUT2D eigenvalue weighted by molar-refractivity contribution is 9.10. The van der Waals surface area contributed by atoms with Crippen LogP contribution in [0.4, 0.5) is 0 Å². The van der Waals surface area contributed by atoms with Gasteiger partial charge in [0.05, 0.1) is 12.8 Å². The molecule has 0 aliphatic heterocycles. The summed E-state index contributed by atoms with van der Waals surface area (Å²) in [6, 6.07) is 7.81. The van der Waals surface area contributed by atoms with Gasteiger partial charge in [0, 0.05) is 21.5 Å². The van der Waals surface area contributed by atoms with Gasteiger partial charge >= 0.3 is 0 Å². The van der Waals surface area contributed by atoms with E-state index in [9.17, 15) is 0 Å². The highest BCUT2D eigenvalue weighted by atomic mass is 79.9. The highest BCUT2D eigenvalue weighted by Gasteiger charge is 2.05. The second kappa shape index (κ2) is 5.36. The monoisotopic (exact) mass is 295 g/mol. The smallest absolute Gasteiger partial charge is 0.264 e. The second-order valence-electron chi connectivity index (χ2n) is 4.21.